The molecule has 2 aliphatic heterocycles. The fourth-order valence-corrected chi connectivity index (χ4v) is 3.02. The molecule has 0 saturated carbocycles. The summed E-state index contributed by atoms with van der Waals surface area (Å²) in [6.45, 7) is 5.05. The highest BCUT2D eigenvalue weighted by Gasteiger charge is 2.25. The minimum Gasteiger partial charge on any atom is -0.506 e. The molecule has 0 aliphatic carbocycles. The van der Waals surface area contributed by atoms with Gasteiger partial charge in [-0.1, -0.05) is 12.1 Å². The number of phenolic OH excluding ortho intramolecular Hbond substituents is 1. The first kappa shape index (κ1) is 17.8. The highest BCUT2D eigenvalue weighted by molar-refractivity contribution is 5.85. The van der Waals surface area contributed by atoms with Gasteiger partial charge in [-0.3, -0.25) is 4.79 Å². The Morgan fingerprint density at radius 2 is 2.00 bits per heavy atom. The average molecular weight is 342 g/mol. The second kappa shape index (κ2) is 8.38. The number of halogens is 1. The van der Waals surface area contributed by atoms with Gasteiger partial charge in [0, 0.05) is 45.2 Å². The molecule has 0 spiro atoms. The van der Waals surface area contributed by atoms with Crippen molar-refractivity contribution in [2.75, 3.05) is 50.8 Å². The van der Waals surface area contributed by atoms with Gasteiger partial charge in [-0.05, 0) is 12.1 Å². The number of hydrogen-bond donors (Lipinski definition) is 2. The fraction of sp³-hybridized carbons (Fsp3) is 0.562. The molecule has 2 saturated heterocycles. The van der Waals surface area contributed by atoms with Crippen LogP contribution in [0, 0.1) is 0 Å². The first-order valence-electron chi connectivity index (χ1n) is 7.86. The van der Waals surface area contributed by atoms with Gasteiger partial charge in [0.25, 0.3) is 0 Å². The highest BCUT2D eigenvalue weighted by Crippen LogP contribution is 2.27. The number of para-hydroxylation sites is 2. The predicted molar refractivity (Wildman–Crippen MR) is 91.4 cm³/mol. The van der Waals surface area contributed by atoms with E-state index in [2.05, 4.69) is 10.2 Å². The van der Waals surface area contributed by atoms with E-state index in [1.807, 2.05) is 23.1 Å². The molecule has 3 rings (SSSR count). The third kappa shape index (κ3) is 4.50. The normalized spacial score (nSPS) is 21.7. The van der Waals surface area contributed by atoms with Crippen LogP contribution < -0.4 is 10.2 Å². The van der Waals surface area contributed by atoms with Crippen molar-refractivity contribution >= 4 is 24.0 Å². The predicted octanol–water partition coefficient (Wildman–Crippen LogP) is 0.841. The highest BCUT2D eigenvalue weighted by atomic mass is 35.5. The number of anilines is 1. The molecule has 2 aliphatic rings. The van der Waals surface area contributed by atoms with Gasteiger partial charge < -0.3 is 25.0 Å². The molecule has 6 nitrogen and oxygen atoms in total. The Balaban J connectivity index is 0.00000192. The zero-order valence-corrected chi connectivity index (χ0v) is 13.9. The van der Waals surface area contributed by atoms with E-state index in [9.17, 15) is 9.90 Å². The Labute approximate surface area is 142 Å². The molecule has 1 aromatic rings. The number of amides is 1. The zero-order chi connectivity index (χ0) is 15.4. The number of carbonyl (C=O) groups excluding carboxylic acids is 1. The summed E-state index contributed by atoms with van der Waals surface area (Å²) in [6.07, 6.45) is 0.497. The first-order valence-corrected chi connectivity index (χ1v) is 7.86. The summed E-state index contributed by atoms with van der Waals surface area (Å²) in [5.74, 6) is 0.478. The Morgan fingerprint density at radius 3 is 2.65 bits per heavy atom. The number of phenols is 1. The van der Waals surface area contributed by atoms with Gasteiger partial charge in [-0.25, -0.2) is 0 Å². The van der Waals surface area contributed by atoms with Crippen molar-refractivity contribution in [2.45, 2.75) is 12.5 Å². The Bertz CT molecular complexity index is 515. The lowest BCUT2D eigenvalue weighted by atomic mass is 10.1. The monoisotopic (exact) mass is 341 g/mol. The molecule has 1 aromatic carbocycles. The van der Waals surface area contributed by atoms with Gasteiger partial charge in [0.15, 0.2) is 0 Å². The number of aromatic hydroxyl groups is 1. The maximum atomic E-state index is 12.3. The van der Waals surface area contributed by atoms with Gasteiger partial charge in [-0.15, -0.1) is 12.4 Å². The molecule has 1 unspecified atom stereocenters. The van der Waals surface area contributed by atoms with E-state index in [-0.39, 0.29) is 24.4 Å². The number of morpholine rings is 1. The van der Waals surface area contributed by atoms with Crippen LogP contribution in [-0.2, 0) is 9.53 Å². The standard InChI is InChI=1S/C16H23N3O3.ClH/c20-15-4-2-1-3-14(15)18-6-8-19(9-7-18)16(21)11-13-12-22-10-5-17-13;/h1-4,13,17,20H,5-12H2;1H. The van der Waals surface area contributed by atoms with Crippen molar-refractivity contribution in [3.63, 3.8) is 0 Å². The van der Waals surface area contributed by atoms with Gasteiger partial charge in [0.2, 0.25) is 5.91 Å². The molecule has 1 amide bonds. The summed E-state index contributed by atoms with van der Waals surface area (Å²) < 4.78 is 5.39. The van der Waals surface area contributed by atoms with Crippen molar-refractivity contribution in [2.24, 2.45) is 0 Å². The van der Waals surface area contributed by atoms with E-state index in [1.165, 1.54) is 0 Å². The summed E-state index contributed by atoms with van der Waals surface area (Å²) in [5, 5.41) is 13.2. The van der Waals surface area contributed by atoms with Crippen molar-refractivity contribution in [1.29, 1.82) is 0 Å². The smallest absolute Gasteiger partial charge is 0.224 e. The summed E-state index contributed by atoms with van der Waals surface area (Å²) in [4.78, 5) is 16.4. The molecule has 128 valence electrons. The Hall–Kier alpha value is -1.50. The molecule has 7 heteroatoms. The number of carbonyl (C=O) groups is 1. The SMILES string of the molecule is Cl.O=C(CC1COCCN1)N1CCN(c2ccccc2O)CC1. The van der Waals surface area contributed by atoms with E-state index >= 15 is 0 Å². The molecular weight excluding hydrogens is 318 g/mol. The third-order valence-corrected chi connectivity index (χ3v) is 4.27. The minimum atomic E-state index is 0. The zero-order valence-electron chi connectivity index (χ0n) is 13.1. The first-order chi connectivity index (χ1) is 10.7. The number of nitrogens with one attached hydrogen (secondary N) is 1. The molecule has 23 heavy (non-hydrogen) atoms. The van der Waals surface area contributed by atoms with E-state index in [0.717, 1.165) is 31.9 Å². The number of nitrogens with zero attached hydrogens (tertiary/aromatic N) is 2. The lowest BCUT2D eigenvalue weighted by Gasteiger charge is -2.37. The van der Waals surface area contributed by atoms with Crippen molar-refractivity contribution < 1.29 is 14.6 Å². The number of ether oxygens (including phenoxy) is 1. The van der Waals surface area contributed by atoms with Crippen LogP contribution in [0.4, 0.5) is 5.69 Å². The number of piperazine rings is 1. The lowest BCUT2D eigenvalue weighted by molar-refractivity contribution is -0.132. The van der Waals surface area contributed by atoms with Gasteiger partial charge in [0.1, 0.15) is 5.75 Å². The van der Waals surface area contributed by atoms with E-state index < -0.39 is 0 Å². The van der Waals surface area contributed by atoms with Crippen molar-refractivity contribution in [1.82, 2.24) is 10.2 Å². The average Bonchev–Trinajstić information content (AvgIpc) is 2.56. The van der Waals surface area contributed by atoms with Crippen LogP contribution in [0.5, 0.6) is 5.75 Å². The number of hydrogen-bond acceptors (Lipinski definition) is 5. The second-order valence-corrected chi connectivity index (χ2v) is 5.79. The fourth-order valence-electron chi connectivity index (χ4n) is 3.02. The van der Waals surface area contributed by atoms with Crippen LogP contribution >= 0.6 is 12.4 Å². The van der Waals surface area contributed by atoms with Crippen LogP contribution in [0.2, 0.25) is 0 Å². The molecule has 2 heterocycles. The number of rotatable bonds is 3. The molecule has 0 aromatic heterocycles. The second-order valence-electron chi connectivity index (χ2n) is 5.79. The molecule has 1 atom stereocenters. The largest absolute Gasteiger partial charge is 0.506 e. The van der Waals surface area contributed by atoms with Crippen molar-refractivity contribution in [3.8, 4) is 5.75 Å². The van der Waals surface area contributed by atoms with Gasteiger partial charge in [0.05, 0.1) is 18.9 Å². The summed E-state index contributed by atoms with van der Waals surface area (Å²) in [7, 11) is 0. The Kier molecular flexibility index (Phi) is 6.50. The van der Waals surface area contributed by atoms with Gasteiger partial charge >= 0.3 is 0 Å². The van der Waals surface area contributed by atoms with Crippen LogP contribution in [0.25, 0.3) is 0 Å². The molecule has 2 fully saturated rings. The van der Waals surface area contributed by atoms with Crippen molar-refractivity contribution in [3.05, 3.63) is 24.3 Å². The summed E-state index contributed by atoms with van der Waals surface area (Å²) in [5.41, 5.74) is 0.844. The van der Waals surface area contributed by atoms with Crippen LogP contribution in [-0.4, -0.2) is 67.9 Å². The van der Waals surface area contributed by atoms with E-state index in [0.29, 0.717) is 31.9 Å². The lowest BCUT2D eigenvalue weighted by Crippen LogP contribution is -2.51. The van der Waals surface area contributed by atoms with E-state index in [4.69, 9.17) is 4.74 Å². The van der Waals surface area contributed by atoms with E-state index in [1.54, 1.807) is 6.07 Å². The number of benzene rings is 1. The maximum absolute atomic E-state index is 12.3. The van der Waals surface area contributed by atoms with Gasteiger partial charge in [-0.2, -0.15) is 0 Å². The quantitative estimate of drug-likeness (QED) is 0.853. The molecular formula is C16H24ClN3O3. The summed E-state index contributed by atoms with van der Waals surface area (Å²) >= 11 is 0. The molecule has 0 radical (unpaired) electrons. The molecule has 0 bridgehead atoms. The summed E-state index contributed by atoms with van der Waals surface area (Å²) in [6, 6.07) is 7.48. The molecule has 2 N–H and O–H groups in total. The van der Waals surface area contributed by atoms with Crippen LogP contribution in [0.3, 0.4) is 0 Å². The Morgan fingerprint density at radius 1 is 1.26 bits per heavy atom. The van der Waals surface area contributed by atoms with Crippen LogP contribution in [0.1, 0.15) is 6.42 Å². The van der Waals surface area contributed by atoms with Crippen LogP contribution in [0.15, 0.2) is 24.3 Å². The third-order valence-electron chi connectivity index (χ3n) is 4.27. The minimum absolute atomic E-state index is 0. The topological polar surface area (TPSA) is 65.0 Å². The maximum Gasteiger partial charge on any atom is 0.224 e.